The van der Waals surface area contributed by atoms with Crippen molar-refractivity contribution in [3.05, 3.63) is 62.2 Å². The van der Waals surface area contributed by atoms with Crippen molar-refractivity contribution in [3.63, 3.8) is 0 Å². The first kappa shape index (κ1) is 16.9. The fraction of sp³-hybridized carbons (Fsp3) is 0.550. The molecular weight excluding hydrogens is 347 g/mol. The van der Waals surface area contributed by atoms with Gasteiger partial charge >= 0.3 is 11.1 Å². The fourth-order valence-corrected chi connectivity index (χ4v) is 4.74. The number of halogens is 1. The van der Waals surface area contributed by atoms with Crippen LogP contribution in [-0.2, 0) is 19.6 Å². The summed E-state index contributed by atoms with van der Waals surface area (Å²) in [5, 5.41) is 4.61. The predicted octanol–water partition coefficient (Wildman–Crippen LogP) is 1.57. The molecule has 1 aliphatic carbocycles. The summed E-state index contributed by atoms with van der Waals surface area (Å²) in [7, 11) is 0. The molecule has 3 aliphatic rings. The first-order valence-corrected chi connectivity index (χ1v) is 9.77. The summed E-state index contributed by atoms with van der Waals surface area (Å²) in [6.07, 6.45) is 3.42. The minimum absolute atomic E-state index is 0.166. The van der Waals surface area contributed by atoms with E-state index in [4.69, 9.17) is 0 Å². The monoisotopic (exact) mass is 370 g/mol. The van der Waals surface area contributed by atoms with E-state index in [1.165, 1.54) is 17.2 Å². The Hall–Kier alpha value is -2.28. The molecule has 0 N–H and O–H groups in total. The molecule has 1 aromatic heterocycles. The highest BCUT2D eigenvalue weighted by Crippen LogP contribution is 2.37. The summed E-state index contributed by atoms with van der Waals surface area (Å²) in [4.78, 5) is 27.2. The van der Waals surface area contributed by atoms with Crippen LogP contribution < -0.4 is 11.1 Å². The second kappa shape index (κ2) is 6.41. The van der Waals surface area contributed by atoms with E-state index in [9.17, 15) is 14.0 Å². The van der Waals surface area contributed by atoms with Crippen LogP contribution in [0, 0.1) is 17.7 Å². The van der Waals surface area contributed by atoms with Crippen LogP contribution in [0.2, 0.25) is 0 Å². The maximum Gasteiger partial charge on any atom is 0.332 e. The highest BCUT2D eigenvalue weighted by atomic mass is 19.1. The molecule has 5 rings (SSSR count). The Balaban J connectivity index is 1.38. The van der Waals surface area contributed by atoms with Crippen LogP contribution in [0.1, 0.15) is 36.6 Å². The van der Waals surface area contributed by atoms with E-state index < -0.39 is 11.1 Å². The van der Waals surface area contributed by atoms with Gasteiger partial charge in [0, 0.05) is 44.6 Å². The topological polar surface area (TPSA) is 60.1 Å². The second-order valence-electron chi connectivity index (χ2n) is 8.25. The molecule has 6 nitrogen and oxygen atoms in total. The van der Waals surface area contributed by atoms with Gasteiger partial charge in [-0.2, -0.15) is 5.10 Å². The zero-order valence-corrected chi connectivity index (χ0v) is 15.2. The third-order valence-corrected chi connectivity index (χ3v) is 6.38. The number of hydrogen-bond donors (Lipinski definition) is 0. The molecular formula is C20H23FN4O2. The average molecular weight is 370 g/mol. The van der Waals surface area contributed by atoms with Crippen molar-refractivity contribution in [3.8, 4) is 0 Å². The van der Waals surface area contributed by atoms with Gasteiger partial charge in [0.1, 0.15) is 11.6 Å². The zero-order chi connectivity index (χ0) is 18.5. The molecule has 0 unspecified atom stereocenters. The molecule has 142 valence electrons. The third kappa shape index (κ3) is 2.94. The molecule has 0 spiro atoms. The summed E-state index contributed by atoms with van der Waals surface area (Å²) >= 11 is 0. The minimum atomic E-state index is -0.484. The molecule has 0 amide bonds. The largest absolute Gasteiger partial charge is 0.332 e. The maximum absolute atomic E-state index is 13.4. The number of likely N-dealkylation sites (tertiary alicyclic amines) is 1. The highest BCUT2D eigenvalue weighted by Gasteiger charge is 2.42. The van der Waals surface area contributed by atoms with Gasteiger partial charge in [-0.05, 0) is 36.5 Å². The number of nitrogens with zero attached hydrogens (tertiary/aromatic N) is 4. The van der Waals surface area contributed by atoms with Gasteiger partial charge in [-0.15, -0.1) is 0 Å². The predicted molar refractivity (Wildman–Crippen MR) is 98.0 cm³/mol. The van der Waals surface area contributed by atoms with Gasteiger partial charge in [0.15, 0.2) is 0 Å². The molecule has 1 saturated heterocycles. The van der Waals surface area contributed by atoms with Crippen molar-refractivity contribution in [1.82, 2.24) is 19.2 Å². The molecule has 27 heavy (non-hydrogen) atoms. The Morgan fingerprint density at radius 3 is 2.70 bits per heavy atom. The van der Waals surface area contributed by atoms with Gasteiger partial charge in [0.2, 0.25) is 0 Å². The van der Waals surface area contributed by atoms with Gasteiger partial charge < -0.3 is 0 Å². The second-order valence-corrected chi connectivity index (χ2v) is 8.25. The van der Waals surface area contributed by atoms with Crippen molar-refractivity contribution < 1.29 is 4.39 Å². The van der Waals surface area contributed by atoms with E-state index in [1.54, 1.807) is 16.7 Å². The van der Waals surface area contributed by atoms with E-state index in [1.807, 2.05) is 6.07 Å². The molecule has 1 saturated carbocycles. The summed E-state index contributed by atoms with van der Waals surface area (Å²) in [6, 6.07) is 6.69. The number of rotatable bonds is 4. The SMILES string of the molecule is O=c1c(=O)n2c(nn1CC1CCC1)[C@H]1CN(Cc3cccc(F)c3)C[C@H]1C2. The number of fused-ring (bicyclic) bond motifs is 3. The molecule has 1 aromatic carbocycles. The molecule has 2 aromatic rings. The average Bonchev–Trinajstić information content (AvgIpc) is 3.13. The number of benzene rings is 1. The minimum Gasteiger partial charge on any atom is -0.298 e. The number of aromatic nitrogens is 3. The van der Waals surface area contributed by atoms with Crippen molar-refractivity contribution in [2.45, 2.75) is 44.8 Å². The van der Waals surface area contributed by atoms with E-state index in [-0.39, 0.29) is 17.7 Å². The first-order chi connectivity index (χ1) is 13.1. The lowest BCUT2D eigenvalue weighted by molar-refractivity contribution is 0.256. The summed E-state index contributed by atoms with van der Waals surface area (Å²) in [5.74, 6) is 1.47. The molecule has 3 heterocycles. The zero-order valence-electron chi connectivity index (χ0n) is 15.2. The lowest BCUT2D eigenvalue weighted by Crippen LogP contribution is -2.45. The lowest BCUT2D eigenvalue weighted by Gasteiger charge is -2.25. The molecule has 0 bridgehead atoms. The Kier molecular flexibility index (Phi) is 4.00. The van der Waals surface area contributed by atoms with Gasteiger partial charge in [0.05, 0.1) is 0 Å². The van der Waals surface area contributed by atoms with Crippen molar-refractivity contribution in [1.29, 1.82) is 0 Å². The lowest BCUT2D eigenvalue weighted by atomic mass is 9.85. The summed E-state index contributed by atoms with van der Waals surface area (Å²) in [5.41, 5.74) is 0.0444. The Labute approximate surface area is 156 Å². The Morgan fingerprint density at radius 1 is 1.11 bits per heavy atom. The third-order valence-electron chi connectivity index (χ3n) is 6.38. The highest BCUT2D eigenvalue weighted by molar-refractivity contribution is 5.18. The van der Waals surface area contributed by atoms with Gasteiger partial charge in [-0.25, -0.2) is 9.07 Å². The quantitative estimate of drug-likeness (QED) is 0.767. The molecule has 2 fully saturated rings. The smallest absolute Gasteiger partial charge is 0.298 e. The standard InChI is InChI=1S/C20H23FN4O2/c21-16-6-2-5-14(7-16)8-23-10-15-11-24-18(17(15)12-23)22-25(20(27)19(24)26)9-13-3-1-4-13/h2,5-7,13,15,17H,1,3-4,8-12H2/t15-,17-/m0/s1. The van der Waals surface area contributed by atoms with E-state index in [2.05, 4.69) is 10.00 Å². The van der Waals surface area contributed by atoms with Crippen LogP contribution in [-0.4, -0.2) is 32.3 Å². The van der Waals surface area contributed by atoms with Gasteiger partial charge in [0.25, 0.3) is 0 Å². The van der Waals surface area contributed by atoms with Crippen molar-refractivity contribution in [2.75, 3.05) is 13.1 Å². The van der Waals surface area contributed by atoms with Gasteiger partial charge in [-0.1, -0.05) is 18.6 Å². The van der Waals surface area contributed by atoms with Crippen LogP contribution in [0.25, 0.3) is 0 Å². The Bertz CT molecular complexity index is 994. The van der Waals surface area contributed by atoms with Crippen LogP contribution in [0.5, 0.6) is 0 Å². The van der Waals surface area contributed by atoms with Crippen LogP contribution in [0.3, 0.4) is 0 Å². The van der Waals surface area contributed by atoms with Crippen molar-refractivity contribution in [2.24, 2.45) is 11.8 Å². The van der Waals surface area contributed by atoms with Crippen molar-refractivity contribution >= 4 is 0 Å². The van der Waals surface area contributed by atoms with Crippen LogP contribution in [0.15, 0.2) is 33.9 Å². The molecule has 2 atom stereocenters. The first-order valence-electron chi connectivity index (χ1n) is 9.77. The van der Waals surface area contributed by atoms with Gasteiger partial charge in [-0.3, -0.25) is 19.1 Å². The molecule has 7 heteroatoms. The van der Waals surface area contributed by atoms with E-state index in [0.29, 0.717) is 25.6 Å². The van der Waals surface area contributed by atoms with E-state index in [0.717, 1.165) is 37.3 Å². The number of hydrogen-bond acceptors (Lipinski definition) is 4. The molecule has 0 radical (unpaired) electrons. The van der Waals surface area contributed by atoms with Crippen LogP contribution >= 0.6 is 0 Å². The normalized spacial score (nSPS) is 24.6. The Morgan fingerprint density at radius 2 is 1.96 bits per heavy atom. The fourth-order valence-electron chi connectivity index (χ4n) is 4.74. The summed E-state index contributed by atoms with van der Waals surface area (Å²) in [6.45, 7) is 3.43. The maximum atomic E-state index is 13.4. The molecule has 2 aliphatic heterocycles. The van der Waals surface area contributed by atoms with E-state index >= 15 is 0 Å². The summed E-state index contributed by atoms with van der Waals surface area (Å²) < 4.78 is 16.4. The van der Waals surface area contributed by atoms with Crippen LogP contribution in [0.4, 0.5) is 4.39 Å².